The van der Waals surface area contributed by atoms with E-state index in [-0.39, 0.29) is 0 Å². The Labute approximate surface area is 379 Å². The first-order valence-electron chi connectivity index (χ1n) is 22.8. The molecule has 0 fully saturated rings. The van der Waals surface area contributed by atoms with Crippen molar-refractivity contribution >= 4 is 132 Å². The van der Waals surface area contributed by atoms with Gasteiger partial charge in [-0.05, 0) is 106 Å². The van der Waals surface area contributed by atoms with Crippen molar-refractivity contribution in [1.82, 2.24) is 8.80 Å². The van der Waals surface area contributed by atoms with E-state index in [0.29, 0.717) is 0 Å². The molecule has 15 rings (SSSR count). The highest BCUT2D eigenvalue weighted by molar-refractivity contribution is 6.41. The second-order valence-corrected chi connectivity index (χ2v) is 17.6. The van der Waals surface area contributed by atoms with Gasteiger partial charge >= 0.3 is 0 Å². The van der Waals surface area contributed by atoms with E-state index in [1.54, 1.807) is 0 Å². The van der Waals surface area contributed by atoms with Crippen molar-refractivity contribution in [1.29, 1.82) is 0 Å². The summed E-state index contributed by atoms with van der Waals surface area (Å²) in [4.78, 5) is 4.85. The molecule has 66 heavy (non-hydrogen) atoms. The van der Waals surface area contributed by atoms with Crippen molar-refractivity contribution in [3.8, 4) is 0 Å². The summed E-state index contributed by atoms with van der Waals surface area (Å²) >= 11 is 0. The number of aromatic nitrogens is 2. The Kier molecular flexibility index (Phi) is 7.19. The van der Waals surface area contributed by atoms with Crippen molar-refractivity contribution < 1.29 is 0 Å². The molecule has 0 spiro atoms. The Morgan fingerprint density at radius 2 is 0.576 bits per heavy atom. The molecule has 0 bridgehead atoms. The minimum absolute atomic E-state index is 1.12. The zero-order chi connectivity index (χ0) is 43.0. The van der Waals surface area contributed by atoms with Gasteiger partial charge in [-0.25, -0.2) is 0 Å². The van der Waals surface area contributed by atoms with Crippen molar-refractivity contribution in [2.45, 2.75) is 0 Å². The first-order chi connectivity index (χ1) is 32.8. The number of anilines is 6. The lowest BCUT2D eigenvalue weighted by molar-refractivity contribution is 1.27. The average Bonchev–Trinajstić information content (AvgIpc) is 4.11. The SMILES string of the molecule is c1ccc(N(c2ccccc2)c2cccc3c4c5ccccc5cc5c6c7c8cc9ccccc9c9c%10cccc(N(c%11ccccc%11)c%11ccccc%11)c%10n(c7ccc6n(c23)c54)c89)cc1. The quantitative estimate of drug-likeness (QED) is 0.166. The van der Waals surface area contributed by atoms with Crippen LogP contribution in [0.25, 0.3) is 97.7 Å². The first kappa shape index (κ1) is 35.6. The summed E-state index contributed by atoms with van der Waals surface area (Å²) in [5, 5.41) is 15.2. The van der Waals surface area contributed by atoms with Crippen LogP contribution in [0.2, 0.25) is 0 Å². The number of nitrogens with zero attached hydrogens (tertiary/aromatic N) is 4. The first-order valence-corrected chi connectivity index (χ1v) is 22.8. The summed E-state index contributed by atoms with van der Waals surface area (Å²) in [6.07, 6.45) is 0. The largest absolute Gasteiger partial charge is 0.308 e. The maximum atomic E-state index is 2.60. The molecule has 0 amide bonds. The van der Waals surface area contributed by atoms with Gasteiger partial charge in [-0.2, -0.15) is 0 Å². The summed E-state index contributed by atoms with van der Waals surface area (Å²) in [5.41, 5.74) is 14.1. The van der Waals surface area contributed by atoms with Gasteiger partial charge in [0.05, 0.1) is 44.5 Å². The van der Waals surface area contributed by atoms with Crippen LogP contribution in [0.15, 0.2) is 231 Å². The van der Waals surface area contributed by atoms with Crippen molar-refractivity contribution in [2.24, 2.45) is 0 Å². The van der Waals surface area contributed by atoms with Crippen molar-refractivity contribution in [3.05, 3.63) is 231 Å². The molecule has 15 aromatic rings. The van der Waals surface area contributed by atoms with Crippen LogP contribution in [0.4, 0.5) is 34.1 Å². The molecule has 0 aliphatic rings. The molecule has 0 aliphatic carbocycles. The third-order valence-corrected chi connectivity index (χ3v) is 14.2. The third-order valence-electron chi connectivity index (χ3n) is 14.2. The predicted octanol–water partition coefficient (Wildman–Crippen LogP) is 17.2. The maximum absolute atomic E-state index is 2.60. The van der Waals surface area contributed by atoms with Gasteiger partial charge < -0.3 is 18.6 Å². The molecule has 4 aromatic heterocycles. The van der Waals surface area contributed by atoms with Crippen LogP contribution in [0.5, 0.6) is 0 Å². The highest BCUT2D eigenvalue weighted by Crippen LogP contribution is 2.53. The standard InChI is InChI=1S/C62H38N4/c1-5-21-41(22-6-1)63(42-23-7-2-8-24-42)53-33-17-31-47-55-45-29-15-13-19-39(45)37-49-57-51(65(59(47)53)61(49)55)35-36-52-58(57)50-38-40-20-14-16-30-46(40)56-48-32-18-34-54(60(48)66(52)62(50)56)64(43-25-9-3-10-26-43)44-27-11-4-12-28-44/h1-38H. The molecule has 4 heteroatoms. The van der Waals surface area contributed by atoms with Crippen LogP contribution in [-0.4, -0.2) is 8.80 Å². The molecule has 0 saturated carbocycles. The molecule has 306 valence electrons. The topological polar surface area (TPSA) is 15.3 Å². The molecular weight excluding hydrogens is 801 g/mol. The fourth-order valence-corrected chi connectivity index (χ4v) is 11.7. The second kappa shape index (κ2) is 13.3. The van der Waals surface area contributed by atoms with Gasteiger partial charge in [-0.15, -0.1) is 0 Å². The molecule has 4 nitrogen and oxygen atoms in total. The molecule has 0 unspecified atom stereocenters. The van der Waals surface area contributed by atoms with Crippen molar-refractivity contribution in [3.63, 3.8) is 0 Å². The Balaban J connectivity index is 1.15. The van der Waals surface area contributed by atoms with Crippen LogP contribution in [0, 0.1) is 0 Å². The number of benzene rings is 11. The van der Waals surface area contributed by atoms with E-state index in [9.17, 15) is 0 Å². The lowest BCUT2D eigenvalue weighted by atomic mass is 9.96. The smallest absolute Gasteiger partial charge is 0.0783 e. The zero-order valence-corrected chi connectivity index (χ0v) is 35.7. The van der Waals surface area contributed by atoms with E-state index in [2.05, 4.69) is 249 Å². The Morgan fingerprint density at radius 3 is 0.955 bits per heavy atom. The van der Waals surface area contributed by atoms with Gasteiger partial charge in [-0.3, -0.25) is 0 Å². The maximum Gasteiger partial charge on any atom is 0.0783 e. The zero-order valence-electron chi connectivity index (χ0n) is 35.7. The van der Waals surface area contributed by atoms with E-state index in [1.807, 2.05) is 0 Å². The van der Waals surface area contributed by atoms with Gasteiger partial charge in [0.15, 0.2) is 0 Å². The van der Waals surface area contributed by atoms with Crippen LogP contribution in [0.1, 0.15) is 0 Å². The monoisotopic (exact) mass is 838 g/mol. The van der Waals surface area contributed by atoms with Crippen LogP contribution >= 0.6 is 0 Å². The summed E-state index contributed by atoms with van der Waals surface area (Å²) in [6, 6.07) is 84.6. The van der Waals surface area contributed by atoms with Gasteiger partial charge in [0.25, 0.3) is 0 Å². The number of fused-ring (bicyclic) bond motifs is 17. The van der Waals surface area contributed by atoms with Gasteiger partial charge in [0.2, 0.25) is 0 Å². The van der Waals surface area contributed by atoms with Gasteiger partial charge in [-0.1, -0.05) is 146 Å². The van der Waals surface area contributed by atoms with Gasteiger partial charge in [0.1, 0.15) is 0 Å². The Hall–Kier alpha value is -8.86. The van der Waals surface area contributed by atoms with Crippen molar-refractivity contribution in [2.75, 3.05) is 9.80 Å². The van der Waals surface area contributed by atoms with Gasteiger partial charge in [0, 0.05) is 65.8 Å². The number of hydrogen-bond acceptors (Lipinski definition) is 2. The number of rotatable bonds is 6. The predicted molar refractivity (Wildman–Crippen MR) is 280 cm³/mol. The minimum Gasteiger partial charge on any atom is -0.308 e. The Morgan fingerprint density at radius 1 is 0.242 bits per heavy atom. The third kappa shape index (κ3) is 4.66. The summed E-state index contributed by atoms with van der Waals surface area (Å²) < 4.78 is 5.19. The summed E-state index contributed by atoms with van der Waals surface area (Å²) in [7, 11) is 0. The lowest BCUT2D eigenvalue weighted by Gasteiger charge is -2.26. The van der Waals surface area contributed by atoms with Crippen LogP contribution < -0.4 is 9.80 Å². The molecular formula is C62H38N4. The van der Waals surface area contributed by atoms with Crippen LogP contribution in [-0.2, 0) is 0 Å². The average molecular weight is 839 g/mol. The highest BCUT2D eigenvalue weighted by Gasteiger charge is 2.29. The van der Waals surface area contributed by atoms with E-state index in [0.717, 1.165) is 34.1 Å². The molecule has 0 atom stereocenters. The number of hydrogen-bond donors (Lipinski definition) is 0. The fraction of sp³-hybridized carbons (Fsp3) is 0. The normalized spacial score (nSPS) is 12.2. The second-order valence-electron chi connectivity index (χ2n) is 17.6. The lowest BCUT2D eigenvalue weighted by Crippen LogP contribution is -2.10. The molecule has 0 saturated heterocycles. The minimum atomic E-state index is 1.12. The fourth-order valence-electron chi connectivity index (χ4n) is 11.7. The highest BCUT2D eigenvalue weighted by atomic mass is 15.2. The summed E-state index contributed by atoms with van der Waals surface area (Å²) in [5.74, 6) is 0. The number of para-hydroxylation sites is 6. The molecule has 4 heterocycles. The van der Waals surface area contributed by atoms with E-state index < -0.39 is 0 Å². The van der Waals surface area contributed by atoms with E-state index in [1.165, 1.54) is 97.7 Å². The van der Waals surface area contributed by atoms with E-state index in [4.69, 9.17) is 0 Å². The Bertz CT molecular complexity index is 4020. The molecule has 0 radical (unpaired) electrons. The molecule has 0 aliphatic heterocycles. The molecule has 0 N–H and O–H groups in total. The van der Waals surface area contributed by atoms with Crippen LogP contribution in [0.3, 0.4) is 0 Å². The summed E-state index contributed by atoms with van der Waals surface area (Å²) in [6.45, 7) is 0. The van der Waals surface area contributed by atoms with E-state index >= 15 is 0 Å². The molecule has 11 aromatic carbocycles.